The van der Waals surface area contributed by atoms with E-state index in [1.807, 2.05) is 0 Å². The van der Waals surface area contributed by atoms with Crippen LogP contribution < -0.4 is 16.8 Å². The van der Waals surface area contributed by atoms with Gasteiger partial charge in [0, 0.05) is 27.9 Å². The summed E-state index contributed by atoms with van der Waals surface area (Å²) >= 11 is 5.78. The summed E-state index contributed by atoms with van der Waals surface area (Å²) in [6.07, 6.45) is 0. The van der Waals surface area contributed by atoms with Crippen LogP contribution in [0.5, 0.6) is 11.5 Å². The number of fused-ring (bicyclic) bond motifs is 2. The number of nitrogens with one attached hydrogen (secondary N) is 1. The molecule has 0 spiro atoms. The molecular formula is C23H17ClN8O11S3. The van der Waals surface area contributed by atoms with E-state index in [9.17, 15) is 49.1 Å². The SMILES string of the molecule is Nc1nc(Cl)nc(Nc2ccc3c(N=Nc4ccc5c(S(=O)(=O)O)cc(S(=O)(=O)O)c(N)c5c4O)c(O)cc(S(=O)(=O)O)c3c2)n1. The third-order valence-electron chi connectivity index (χ3n) is 6.24. The van der Waals surface area contributed by atoms with Crippen LogP contribution in [0.1, 0.15) is 0 Å². The first-order chi connectivity index (χ1) is 21.3. The Bertz CT molecular complexity index is 2480. The molecule has 0 aliphatic carbocycles. The van der Waals surface area contributed by atoms with Gasteiger partial charge in [0.2, 0.25) is 17.2 Å². The molecule has 0 amide bonds. The van der Waals surface area contributed by atoms with Crippen molar-refractivity contribution in [1.82, 2.24) is 15.0 Å². The van der Waals surface area contributed by atoms with Gasteiger partial charge in [-0.15, -0.1) is 10.2 Å². The highest BCUT2D eigenvalue weighted by Gasteiger charge is 2.27. The van der Waals surface area contributed by atoms with Crippen LogP contribution in [0.15, 0.2) is 67.4 Å². The van der Waals surface area contributed by atoms with E-state index in [-0.39, 0.29) is 39.3 Å². The maximum absolute atomic E-state index is 12.2. The number of nitrogens with zero attached hydrogens (tertiary/aromatic N) is 5. The second kappa shape index (κ2) is 11.1. The van der Waals surface area contributed by atoms with Crippen molar-refractivity contribution < 1.29 is 49.1 Å². The van der Waals surface area contributed by atoms with Crippen molar-refractivity contribution >= 4 is 98.1 Å². The summed E-state index contributed by atoms with van der Waals surface area (Å²) in [5.41, 5.74) is 9.87. The highest BCUT2D eigenvalue weighted by molar-refractivity contribution is 7.87. The standard InChI is InChI=1S/C23H17ClN8O11S3/c24-21-28-22(26)30-23(29-21)27-8-1-2-9-11(5-8)14(44(35,36)37)6-13(33)19(9)32-31-12-4-3-10-15(45(38,39)40)7-16(46(41,42)43)18(25)17(10)20(12)34/h1-7,33-34H,25H2,(H,35,36,37)(H,38,39,40)(H,41,42,43)(H3,26,27,28,29,30). The van der Waals surface area contributed by atoms with Crippen molar-refractivity contribution in [1.29, 1.82) is 0 Å². The Morgan fingerprint density at radius 3 is 1.93 bits per heavy atom. The van der Waals surface area contributed by atoms with Gasteiger partial charge in [-0.2, -0.15) is 40.2 Å². The minimum atomic E-state index is -5.16. The zero-order valence-corrected chi connectivity index (χ0v) is 25.4. The van der Waals surface area contributed by atoms with Gasteiger partial charge in [0.25, 0.3) is 30.4 Å². The van der Waals surface area contributed by atoms with E-state index < -0.39 is 78.7 Å². The molecule has 0 bridgehead atoms. The van der Waals surface area contributed by atoms with Crippen molar-refractivity contribution in [2.45, 2.75) is 14.7 Å². The van der Waals surface area contributed by atoms with Crippen LogP contribution >= 0.6 is 11.6 Å². The molecule has 5 rings (SSSR count). The Morgan fingerprint density at radius 1 is 0.717 bits per heavy atom. The lowest BCUT2D eigenvalue weighted by Gasteiger charge is -2.13. The minimum Gasteiger partial charge on any atom is -0.506 e. The fourth-order valence-electron chi connectivity index (χ4n) is 4.38. The fourth-order valence-corrected chi connectivity index (χ4v) is 6.69. The van der Waals surface area contributed by atoms with Gasteiger partial charge in [0.1, 0.15) is 31.8 Å². The minimum absolute atomic E-state index is 0.0998. The number of azo groups is 1. The molecule has 0 atom stereocenters. The fraction of sp³-hybridized carbons (Fsp3) is 0. The Labute approximate surface area is 262 Å². The quantitative estimate of drug-likeness (QED) is 0.0681. The molecule has 19 nitrogen and oxygen atoms in total. The summed E-state index contributed by atoms with van der Waals surface area (Å²) in [5.74, 6) is -2.10. The molecule has 1 aromatic heterocycles. The van der Waals surface area contributed by atoms with Crippen molar-refractivity contribution in [3.8, 4) is 11.5 Å². The van der Waals surface area contributed by atoms with E-state index in [4.69, 9.17) is 23.1 Å². The lowest BCUT2D eigenvalue weighted by Crippen LogP contribution is -2.08. The molecule has 4 aromatic carbocycles. The Hall–Kier alpha value is -4.97. The number of aromatic nitrogens is 3. The molecule has 46 heavy (non-hydrogen) atoms. The average molecular weight is 713 g/mol. The molecule has 10 N–H and O–H groups in total. The Morgan fingerprint density at radius 2 is 1.33 bits per heavy atom. The van der Waals surface area contributed by atoms with Gasteiger partial charge in [-0.25, -0.2) is 0 Å². The molecule has 0 unspecified atom stereocenters. The number of anilines is 4. The first-order valence-corrected chi connectivity index (χ1v) is 16.6. The van der Waals surface area contributed by atoms with Crippen LogP contribution in [0, 0.1) is 0 Å². The molecule has 240 valence electrons. The van der Waals surface area contributed by atoms with Crippen molar-refractivity contribution in [3.05, 3.63) is 47.7 Å². The monoisotopic (exact) mass is 712 g/mol. The summed E-state index contributed by atoms with van der Waals surface area (Å²) in [5, 5.41) is 30.4. The van der Waals surface area contributed by atoms with Crippen LogP contribution in [-0.4, -0.2) is 64.1 Å². The normalized spacial score (nSPS) is 12.7. The zero-order chi connectivity index (χ0) is 33.9. The number of rotatable bonds is 7. The van der Waals surface area contributed by atoms with Gasteiger partial charge in [-0.1, -0.05) is 6.07 Å². The second-order valence-electron chi connectivity index (χ2n) is 9.18. The van der Waals surface area contributed by atoms with Gasteiger partial charge in [0.15, 0.2) is 5.75 Å². The van der Waals surface area contributed by atoms with Gasteiger partial charge in [-0.3, -0.25) is 13.7 Å². The van der Waals surface area contributed by atoms with Gasteiger partial charge in [0.05, 0.1) is 11.1 Å². The molecule has 1 heterocycles. The third-order valence-corrected chi connectivity index (χ3v) is 9.09. The Kier molecular flexibility index (Phi) is 7.84. The number of halogens is 1. The Balaban J connectivity index is 1.70. The predicted octanol–water partition coefficient (Wildman–Crippen LogP) is 3.31. The van der Waals surface area contributed by atoms with Crippen LogP contribution in [0.3, 0.4) is 0 Å². The number of hydrogen-bond acceptors (Lipinski definition) is 16. The van der Waals surface area contributed by atoms with Crippen molar-refractivity contribution in [3.63, 3.8) is 0 Å². The molecule has 0 saturated carbocycles. The third kappa shape index (κ3) is 6.12. The first-order valence-electron chi connectivity index (χ1n) is 11.9. The van der Waals surface area contributed by atoms with Crippen molar-refractivity contribution in [2.24, 2.45) is 10.2 Å². The van der Waals surface area contributed by atoms with Gasteiger partial charge < -0.3 is 27.0 Å². The largest absolute Gasteiger partial charge is 0.506 e. The predicted molar refractivity (Wildman–Crippen MR) is 162 cm³/mol. The lowest BCUT2D eigenvalue weighted by atomic mass is 10.1. The summed E-state index contributed by atoms with van der Waals surface area (Å²) in [6, 6.07) is 6.91. The number of aromatic hydroxyl groups is 2. The average Bonchev–Trinajstić information content (AvgIpc) is 2.90. The maximum Gasteiger partial charge on any atom is 0.296 e. The topological polar surface area (TPSA) is 331 Å². The molecule has 0 fully saturated rings. The van der Waals surface area contributed by atoms with E-state index in [0.29, 0.717) is 12.1 Å². The van der Waals surface area contributed by atoms with E-state index in [1.54, 1.807) is 0 Å². The second-order valence-corrected chi connectivity index (χ2v) is 13.7. The number of benzene rings is 4. The first kappa shape index (κ1) is 32.4. The highest BCUT2D eigenvalue weighted by atomic mass is 35.5. The number of nitrogen functional groups attached to an aromatic ring is 2. The molecule has 5 aromatic rings. The van der Waals surface area contributed by atoms with Crippen LogP contribution in [-0.2, 0) is 30.4 Å². The van der Waals surface area contributed by atoms with Crippen LogP contribution in [0.2, 0.25) is 5.28 Å². The molecule has 0 aliphatic rings. The molecule has 23 heteroatoms. The summed E-state index contributed by atoms with van der Waals surface area (Å²) in [4.78, 5) is 8.38. The molecule has 0 aliphatic heterocycles. The van der Waals surface area contributed by atoms with E-state index >= 15 is 0 Å². The zero-order valence-electron chi connectivity index (χ0n) is 22.2. The number of phenols is 2. The van der Waals surface area contributed by atoms with E-state index in [2.05, 4.69) is 30.5 Å². The number of phenolic OH excluding ortho intramolecular Hbond substituents is 2. The lowest BCUT2D eigenvalue weighted by molar-refractivity contribution is 0.468. The highest BCUT2D eigenvalue weighted by Crippen LogP contribution is 2.45. The molecule has 0 radical (unpaired) electrons. The van der Waals surface area contributed by atoms with E-state index in [0.717, 1.165) is 12.1 Å². The van der Waals surface area contributed by atoms with E-state index in [1.165, 1.54) is 18.2 Å². The number of hydrogen-bond donors (Lipinski definition) is 8. The van der Waals surface area contributed by atoms with Crippen LogP contribution in [0.4, 0.5) is 34.6 Å². The maximum atomic E-state index is 12.2. The molecule has 0 saturated heterocycles. The van der Waals surface area contributed by atoms with Crippen molar-refractivity contribution in [2.75, 3.05) is 16.8 Å². The smallest absolute Gasteiger partial charge is 0.296 e. The summed E-state index contributed by atoms with van der Waals surface area (Å²) in [6.45, 7) is 0. The summed E-state index contributed by atoms with van der Waals surface area (Å²) < 4.78 is 101. The number of nitrogens with two attached hydrogens (primary N) is 2. The molecular weight excluding hydrogens is 696 g/mol. The summed E-state index contributed by atoms with van der Waals surface area (Å²) in [7, 11) is -15.2. The van der Waals surface area contributed by atoms with Crippen LogP contribution in [0.25, 0.3) is 21.5 Å². The van der Waals surface area contributed by atoms with Gasteiger partial charge in [-0.05, 0) is 41.9 Å². The van der Waals surface area contributed by atoms with Gasteiger partial charge >= 0.3 is 0 Å².